The first-order valence-corrected chi connectivity index (χ1v) is 8.13. The van der Waals surface area contributed by atoms with Crippen LogP contribution in [0.5, 0.6) is 0 Å². The van der Waals surface area contributed by atoms with Crippen molar-refractivity contribution < 1.29 is 35.8 Å². The predicted octanol–water partition coefficient (Wildman–Crippen LogP) is 2.67. The van der Waals surface area contributed by atoms with Gasteiger partial charge in [0.15, 0.2) is 11.5 Å². The third-order valence-electron chi connectivity index (χ3n) is 4.17. The fraction of sp³-hybridized carbons (Fsp3) is 0.733. The van der Waals surface area contributed by atoms with Crippen LogP contribution in [0.25, 0.3) is 0 Å². The highest BCUT2D eigenvalue weighted by Crippen LogP contribution is 2.35. The number of fused-ring (bicyclic) bond motifs is 1. The highest BCUT2D eigenvalue weighted by molar-refractivity contribution is 5.35. The van der Waals surface area contributed by atoms with Gasteiger partial charge in [0, 0.05) is 13.1 Å². The second kappa shape index (κ2) is 6.74. The Morgan fingerprint density at radius 1 is 1.15 bits per heavy atom. The molecule has 2 aliphatic rings. The summed E-state index contributed by atoms with van der Waals surface area (Å²) in [5, 5.41) is 2.73. The minimum atomic E-state index is -4.68. The molecule has 3 atom stereocenters. The molecule has 3 rings (SSSR count). The van der Waals surface area contributed by atoms with Gasteiger partial charge in [0.05, 0.1) is 25.0 Å². The molecule has 2 aliphatic heterocycles. The van der Waals surface area contributed by atoms with E-state index in [-0.39, 0.29) is 18.9 Å². The standard InChI is InChI=1S/C15H18F6N4O2/c1-13(2)26-9-6-25(7-14(16,17)18)5-8(12(9)27-13)23-11-4-22-3-10(24-11)15(19,20)21/h3-4,8-9,12H,5-7H2,1-2H3,(H,23,24)/t8-,9-,12+/m0/s1. The maximum absolute atomic E-state index is 12.8. The van der Waals surface area contributed by atoms with Gasteiger partial charge in [-0.3, -0.25) is 9.88 Å². The third-order valence-corrected chi connectivity index (χ3v) is 4.17. The molecule has 12 heteroatoms. The maximum Gasteiger partial charge on any atom is 0.434 e. The van der Waals surface area contributed by atoms with Gasteiger partial charge in [-0.25, -0.2) is 4.98 Å². The number of rotatable bonds is 3. The molecule has 0 spiro atoms. The normalized spacial score (nSPS) is 28.8. The van der Waals surface area contributed by atoms with Crippen molar-refractivity contribution in [1.82, 2.24) is 14.9 Å². The quantitative estimate of drug-likeness (QED) is 0.788. The average Bonchev–Trinajstić information content (AvgIpc) is 2.79. The van der Waals surface area contributed by atoms with E-state index < -0.39 is 48.6 Å². The Labute approximate surface area is 150 Å². The van der Waals surface area contributed by atoms with Crippen LogP contribution in [0.15, 0.2) is 12.4 Å². The third kappa shape index (κ3) is 4.99. The number of hydrogen-bond donors (Lipinski definition) is 1. The Balaban J connectivity index is 1.81. The summed E-state index contributed by atoms with van der Waals surface area (Å²) < 4.78 is 88.2. The largest absolute Gasteiger partial charge is 0.434 e. The molecule has 1 N–H and O–H groups in total. The Bertz CT molecular complexity index is 681. The number of nitrogens with zero attached hydrogens (tertiary/aromatic N) is 3. The highest BCUT2D eigenvalue weighted by atomic mass is 19.4. The van der Waals surface area contributed by atoms with Gasteiger partial charge >= 0.3 is 12.4 Å². The number of alkyl halides is 6. The van der Waals surface area contributed by atoms with Crippen LogP contribution in [-0.4, -0.2) is 64.7 Å². The SMILES string of the molecule is CC1(C)O[C@@H]2[C@@H](Nc3cncc(C(F)(F)F)n3)CN(CC(F)(F)F)C[C@@H]2O1. The first kappa shape index (κ1) is 20.1. The lowest BCUT2D eigenvalue weighted by Crippen LogP contribution is -2.58. The molecule has 6 nitrogen and oxygen atoms in total. The molecule has 152 valence electrons. The Hall–Kier alpha value is -1.66. The van der Waals surface area contributed by atoms with Crippen molar-refractivity contribution in [1.29, 1.82) is 0 Å². The van der Waals surface area contributed by atoms with E-state index in [0.29, 0.717) is 6.20 Å². The molecule has 27 heavy (non-hydrogen) atoms. The number of anilines is 1. The zero-order valence-electron chi connectivity index (χ0n) is 14.4. The molecule has 2 fully saturated rings. The number of halogens is 6. The van der Waals surface area contributed by atoms with Crippen molar-refractivity contribution in [2.24, 2.45) is 0 Å². The van der Waals surface area contributed by atoms with E-state index in [1.165, 1.54) is 0 Å². The monoisotopic (exact) mass is 400 g/mol. The van der Waals surface area contributed by atoms with Crippen LogP contribution < -0.4 is 5.32 Å². The Morgan fingerprint density at radius 2 is 1.85 bits per heavy atom. The summed E-state index contributed by atoms with van der Waals surface area (Å²) in [6.45, 7) is 1.99. The molecule has 0 bridgehead atoms. The first-order valence-electron chi connectivity index (χ1n) is 8.13. The van der Waals surface area contributed by atoms with Crippen molar-refractivity contribution in [2.45, 2.75) is 50.2 Å². The van der Waals surface area contributed by atoms with Crippen LogP contribution in [0.1, 0.15) is 19.5 Å². The summed E-state index contributed by atoms with van der Waals surface area (Å²) in [5.41, 5.74) is -1.20. The minimum absolute atomic E-state index is 0.0000556. The van der Waals surface area contributed by atoms with Crippen LogP contribution in [0.4, 0.5) is 32.2 Å². The summed E-state index contributed by atoms with van der Waals surface area (Å²) in [5.74, 6) is -1.21. The van der Waals surface area contributed by atoms with E-state index in [4.69, 9.17) is 9.47 Å². The van der Waals surface area contributed by atoms with E-state index in [1.807, 2.05) is 0 Å². The predicted molar refractivity (Wildman–Crippen MR) is 80.8 cm³/mol. The Morgan fingerprint density at radius 3 is 2.48 bits per heavy atom. The number of hydrogen-bond acceptors (Lipinski definition) is 6. The molecular weight excluding hydrogens is 382 g/mol. The van der Waals surface area contributed by atoms with Gasteiger partial charge in [-0.2, -0.15) is 26.3 Å². The molecule has 2 saturated heterocycles. The molecular formula is C15H18F6N4O2. The molecule has 1 aromatic rings. The number of nitrogens with one attached hydrogen (secondary N) is 1. The van der Waals surface area contributed by atoms with Gasteiger partial charge in [-0.15, -0.1) is 0 Å². The van der Waals surface area contributed by atoms with Gasteiger partial charge in [-0.1, -0.05) is 0 Å². The zero-order valence-corrected chi connectivity index (χ0v) is 14.4. The van der Waals surface area contributed by atoms with E-state index in [0.717, 1.165) is 11.1 Å². The lowest BCUT2D eigenvalue weighted by atomic mass is 9.99. The number of ether oxygens (including phenoxy) is 2. The highest BCUT2D eigenvalue weighted by Gasteiger charge is 2.50. The van der Waals surface area contributed by atoms with Crippen molar-refractivity contribution in [2.75, 3.05) is 25.0 Å². The fourth-order valence-corrected chi connectivity index (χ4v) is 3.33. The second-order valence-electron chi connectivity index (χ2n) is 6.99. The smallest absolute Gasteiger partial charge is 0.362 e. The molecule has 0 unspecified atom stereocenters. The molecule has 0 radical (unpaired) electrons. The van der Waals surface area contributed by atoms with Crippen LogP contribution in [0, 0.1) is 0 Å². The molecule has 1 aromatic heterocycles. The van der Waals surface area contributed by atoms with E-state index in [1.54, 1.807) is 13.8 Å². The summed E-state index contributed by atoms with van der Waals surface area (Å²) in [4.78, 5) is 8.08. The topological polar surface area (TPSA) is 59.5 Å². The van der Waals surface area contributed by atoms with Crippen molar-refractivity contribution in [3.63, 3.8) is 0 Å². The summed E-state index contributed by atoms with van der Waals surface area (Å²) >= 11 is 0. The zero-order chi connectivity index (χ0) is 20.0. The van der Waals surface area contributed by atoms with Crippen molar-refractivity contribution in [3.8, 4) is 0 Å². The van der Waals surface area contributed by atoms with Crippen molar-refractivity contribution in [3.05, 3.63) is 18.1 Å². The lowest BCUT2D eigenvalue weighted by molar-refractivity contribution is -0.155. The molecule has 0 amide bonds. The first-order chi connectivity index (χ1) is 12.3. The maximum atomic E-state index is 12.8. The lowest BCUT2D eigenvalue weighted by Gasteiger charge is -2.39. The van der Waals surface area contributed by atoms with Crippen LogP contribution >= 0.6 is 0 Å². The summed E-state index contributed by atoms with van der Waals surface area (Å²) in [7, 11) is 0. The molecule has 0 saturated carbocycles. The second-order valence-corrected chi connectivity index (χ2v) is 6.99. The van der Waals surface area contributed by atoms with Crippen LogP contribution in [0.3, 0.4) is 0 Å². The van der Waals surface area contributed by atoms with E-state index in [2.05, 4.69) is 15.3 Å². The van der Waals surface area contributed by atoms with Gasteiger partial charge in [0.25, 0.3) is 0 Å². The van der Waals surface area contributed by atoms with E-state index in [9.17, 15) is 26.3 Å². The summed E-state index contributed by atoms with van der Waals surface area (Å²) in [6.07, 6.45) is -8.75. The van der Waals surface area contributed by atoms with Crippen molar-refractivity contribution >= 4 is 5.82 Å². The van der Waals surface area contributed by atoms with Crippen LogP contribution in [0.2, 0.25) is 0 Å². The summed E-state index contributed by atoms with van der Waals surface area (Å²) in [6, 6.07) is -0.759. The van der Waals surface area contributed by atoms with Gasteiger partial charge in [0.1, 0.15) is 18.0 Å². The average molecular weight is 400 g/mol. The van der Waals surface area contributed by atoms with Gasteiger partial charge in [-0.05, 0) is 13.8 Å². The molecule has 0 aromatic carbocycles. The van der Waals surface area contributed by atoms with Crippen LogP contribution in [-0.2, 0) is 15.7 Å². The van der Waals surface area contributed by atoms with E-state index >= 15 is 0 Å². The fourth-order valence-electron chi connectivity index (χ4n) is 3.33. The molecule has 0 aliphatic carbocycles. The number of piperidine rings is 1. The van der Waals surface area contributed by atoms with Gasteiger partial charge < -0.3 is 14.8 Å². The molecule has 3 heterocycles. The Kier molecular flexibility index (Phi) is 5.02. The number of likely N-dealkylation sites (tertiary alicyclic amines) is 1. The number of aromatic nitrogens is 2. The van der Waals surface area contributed by atoms with Gasteiger partial charge in [0.2, 0.25) is 0 Å². The minimum Gasteiger partial charge on any atom is -0.362 e.